The van der Waals surface area contributed by atoms with E-state index >= 15 is 0 Å². The largest absolute Gasteiger partial charge is 0.444 e. The first-order valence-corrected chi connectivity index (χ1v) is 8.98. The normalized spacial score (nSPS) is 17.4. The maximum absolute atomic E-state index is 5.93. The van der Waals surface area contributed by atoms with E-state index in [1.165, 1.54) is 0 Å². The van der Waals surface area contributed by atoms with Gasteiger partial charge in [0, 0.05) is 17.5 Å². The van der Waals surface area contributed by atoms with E-state index in [2.05, 4.69) is 51.5 Å². The molecule has 0 atom stereocenters. The van der Waals surface area contributed by atoms with E-state index in [0.717, 1.165) is 55.6 Å². The molecule has 4 rings (SSSR count). The molecule has 0 saturated carbocycles. The summed E-state index contributed by atoms with van der Waals surface area (Å²) in [5.74, 6) is 3.31. The lowest BCUT2D eigenvalue weighted by atomic mass is 9.94. The van der Waals surface area contributed by atoms with Crippen LogP contribution in [0.2, 0.25) is 0 Å². The number of aromatic nitrogens is 4. The van der Waals surface area contributed by atoms with Crippen molar-refractivity contribution < 1.29 is 4.42 Å². The summed E-state index contributed by atoms with van der Waals surface area (Å²) in [7, 11) is 0. The molecular weight excluding hydrogens is 314 g/mol. The maximum Gasteiger partial charge on any atom is 0.208 e. The van der Waals surface area contributed by atoms with Crippen molar-refractivity contribution in [2.75, 3.05) is 13.1 Å². The Morgan fingerprint density at radius 1 is 1.16 bits per heavy atom. The third-order valence-electron chi connectivity index (χ3n) is 4.94. The van der Waals surface area contributed by atoms with Gasteiger partial charge < -0.3 is 4.42 Å². The summed E-state index contributed by atoms with van der Waals surface area (Å²) in [4.78, 5) is 6.87. The Kier molecular flexibility index (Phi) is 4.07. The third kappa shape index (κ3) is 3.31. The standard InChI is InChI=1S/C19H25N5O/c1-19(2,3)15-12-20-17(25-15)13-23-10-7-14(8-11-23)18-22-21-16-6-4-5-9-24(16)18/h4-6,9,12,14H,7-8,10-11,13H2,1-3H3. The summed E-state index contributed by atoms with van der Waals surface area (Å²) < 4.78 is 8.04. The number of rotatable bonds is 3. The minimum atomic E-state index is 0.00692. The second kappa shape index (κ2) is 6.26. The molecular formula is C19H25N5O. The zero-order valence-corrected chi connectivity index (χ0v) is 15.1. The zero-order valence-electron chi connectivity index (χ0n) is 15.1. The van der Waals surface area contributed by atoms with Crippen molar-refractivity contribution in [2.24, 2.45) is 0 Å². The molecule has 3 aromatic heterocycles. The van der Waals surface area contributed by atoms with Crippen molar-refractivity contribution in [3.63, 3.8) is 0 Å². The lowest BCUT2D eigenvalue weighted by Crippen LogP contribution is -2.33. The van der Waals surface area contributed by atoms with Crippen LogP contribution in [0, 0.1) is 0 Å². The van der Waals surface area contributed by atoms with Gasteiger partial charge in [-0.2, -0.15) is 0 Å². The van der Waals surface area contributed by atoms with Gasteiger partial charge in [0.1, 0.15) is 11.6 Å². The molecule has 0 unspecified atom stereocenters. The molecule has 4 heterocycles. The predicted octanol–water partition coefficient (Wildman–Crippen LogP) is 3.39. The first kappa shape index (κ1) is 16.3. The number of likely N-dealkylation sites (tertiary alicyclic amines) is 1. The van der Waals surface area contributed by atoms with E-state index < -0.39 is 0 Å². The number of nitrogens with zero attached hydrogens (tertiary/aromatic N) is 5. The highest BCUT2D eigenvalue weighted by atomic mass is 16.4. The molecule has 25 heavy (non-hydrogen) atoms. The van der Waals surface area contributed by atoms with Crippen molar-refractivity contribution in [1.29, 1.82) is 0 Å². The highest BCUT2D eigenvalue weighted by Crippen LogP contribution is 2.28. The van der Waals surface area contributed by atoms with Gasteiger partial charge in [0.25, 0.3) is 0 Å². The fraction of sp³-hybridized carbons (Fsp3) is 0.526. The summed E-state index contributed by atoms with van der Waals surface area (Å²) in [5.41, 5.74) is 0.932. The van der Waals surface area contributed by atoms with Crippen LogP contribution in [-0.4, -0.2) is 37.6 Å². The molecule has 0 spiro atoms. The highest BCUT2D eigenvalue weighted by Gasteiger charge is 2.26. The second-order valence-corrected chi connectivity index (χ2v) is 7.91. The molecule has 0 radical (unpaired) electrons. The Morgan fingerprint density at radius 3 is 2.68 bits per heavy atom. The minimum Gasteiger partial charge on any atom is -0.444 e. The van der Waals surface area contributed by atoms with Crippen molar-refractivity contribution >= 4 is 5.65 Å². The van der Waals surface area contributed by atoms with Crippen LogP contribution in [0.3, 0.4) is 0 Å². The molecule has 0 aromatic carbocycles. The molecule has 1 aliphatic rings. The summed E-state index contributed by atoms with van der Waals surface area (Å²) >= 11 is 0. The average Bonchev–Trinajstić information content (AvgIpc) is 3.22. The minimum absolute atomic E-state index is 0.00692. The first-order valence-electron chi connectivity index (χ1n) is 8.98. The van der Waals surface area contributed by atoms with Crippen molar-refractivity contribution in [3.05, 3.63) is 48.1 Å². The van der Waals surface area contributed by atoms with E-state index in [-0.39, 0.29) is 5.41 Å². The van der Waals surface area contributed by atoms with Gasteiger partial charge in [0.05, 0.1) is 12.7 Å². The Morgan fingerprint density at radius 2 is 1.96 bits per heavy atom. The maximum atomic E-state index is 5.93. The molecule has 0 N–H and O–H groups in total. The lowest BCUT2D eigenvalue weighted by Gasteiger charge is -2.30. The van der Waals surface area contributed by atoms with Crippen LogP contribution in [0.4, 0.5) is 0 Å². The molecule has 6 nitrogen and oxygen atoms in total. The first-order chi connectivity index (χ1) is 12.0. The molecule has 1 saturated heterocycles. The molecule has 0 bridgehead atoms. The average molecular weight is 339 g/mol. The van der Waals surface area contributed by atoms with Crippen molar-refractivity contribution in [3.8, 4) is 0 Å². The molecule has 3 aromatic rings. The van der Waals surface area contributed by atoms with E-state index in [0.29, 0.717) is 5.92 Å². The fourth-order valence-electron chi connectivity index (χ4n) is 3.41. The Hall–Kier alpha value is -2.21. The predicted molar refractivity (Wildman–Crippen MR) is 95.4 cm³/mol. The quantitative estimate of drug-likeness (QED) is 0.732. The van der Waals surface area contributed by atoms with Crippen LogP contribution < -0.4 is 0 Å². The van der Waals surface area contributed by atoms with E-state index in [1.54, 1.807) is 0 Å². The zero-order chi connectivity index (χ0) is 17.4. The molecule has 132 valence electrons. The van der Waals surface area contributed by atoms with E-state index in [1.807, 2.05) is 24.4 Å². The lowest BCUT2D eigenvalue weighted by molar-refractivity contribution is 0.182. The van der Waals surface area contributed by atoms with Crippen molar-refractivity contribution in [1.82, 2.24) is 24.5 Å². The van der Waals surface area contributed by atoms with Gasteiger partial charge >= 0.3 is 0 Å². The van der Waals surface area contributed by atoms with Crippen LogP contribution in [0.1, 0.15) is 57.0 Å². The van der Waals surface area contributed by atoms with Gasteiger partial charge in [-0.05, 0) is 38.1 Å². The Labute approximate surface area is 147 Å². The van der Waals surface area contributed by atoms with Gasteiger partial charge in [-0.1, -0.05) is 26.8 Å². The number of piperidine rings is 1. The van der Waals surface area contributed by atoms with E-state index in [4.69, 9.17) is 4.42 Å². The monoisotopic (exact) mass is 339 g/mol. The highest BCUT2D eigenvalue weighted by molar-refractivity contribution is 5.37. The van der Waals surface area contributed by atoms with Crippen LogP contribution in [0.15, 0.2) is 35.0 Å². The van der Waals surface area contributed by atoms with Gasteiger partial charge in [-0.25, -0.2) is 4.98 Å². The summed E-state index contributed by atoms with van der Waals surface area (Å²) in [6.45, 7) is 9.27. The molecule has 1 aliphatic heterocycles. The van der Waals surface area contributed by atoms with E-state index in [9.17, 15) is 0 Å². The number of oxazole rings is 1. The third-order valence-corrected chi connectivity index (χ3v) is 4.94. The molecule has 0 aliphatic carbocycles. The molecule has 0 amide bonds. The topological polar surface area (TPSA) is 59.5 Å². The molecule has 6 heteroatoms. The SMILES string of the molecule is CC(C)(C)c1cnc(CN2CCC(c3nnc4ccccn34)CC2)o1. The Balaban J connectivity index is 1.39. The number of fused-ring (bicyclic) bond motifs is 1. The number of hydrogen-bond donors (Lipinski definition) is 0. The van der Waals surface area contributed by atoms with Gasteiger partial charge in [-0.15, -0.1) is 10.2 Å². The van der Waals surface area contributed by atoms with Crippen molar-refractivity contribution in [2.45, 2.75) is 51.5 Å². The summed E-state index contributed by atoms with van der Waals surface area (Å²) in [6.07, 6.45) is 6.09. The fourth-order valence-corrected chi connectivity index (χ4v) is 3.41. The summed E-state index contributed by atoms with van der Waals surface area (Å²) in [5, 5.41) is 8.70. The smallest absolute Gasteiger partial charge is 0.208 e. The van der Waals surface area contributed by atoms with Crippen LogP contribution in [0.5, 0.6) is 0 Å². The van der Waals surface area contributed by atoms with Crippen LogP contribution in [0.25, 0.3) is 5.65 Å². The summed E-state index contributed by atoms with van der Waals surface area (Å²) in [6, 6.07) is 6.03. The molecule has 1 fully saturated rings. The van der Waals surface area contributed by atoms with Crippen LogP contribution in [-0.2, 0) is 12.0 Å². The number of hydrogen-bond acceptors (Lipinski definition) is 5. The van der Waals surface area contributed by atoms with Crippen LogP contribution >= 0.6 is 0 Å². The Bertz CT molecular complexity index is 852. The van der Waals surface area contributed by atoms with Gasteiger partial charge in [0.15, 0.2) is 5.65 Å². The van der Waals surface area contributed by atoms with Gasteiger partial charge in [-0.3, -0.25) is 9.30 Å². The van der Waals surface area contributed by atoms with Gasteiger partial charge in [0.2, 0.25) is 5.89 Å². The second-order valence-electron chi connectivity index (χ2n) is 7.91. The number of pyridine rings is 1.